The molecular weight excluding hydrogens is 542 g/mol. The minimum atomic E-state index is 0.692. The average Bonchev–Trinajstić information content (AvgIpc) is 3.04. The molecule has 1 atom stereocenters. The summed E-state index contributed by atoms with van der Waals surface area (Å²) in [5.74, 6) is 0.692. The Morgan fingerprint density at radius 3 is 1.09 bits per heavy atom. The lowest BCUT2D eigenvalue weighted by Crippen LogP contribution is -2.25. The number of unbranched alkanes of at least 4 members (excludes halogenated alkanes) is 30. The molecule has 0 aromatic rings. The topological polar surface area (TPSA) is 3.24 Å². The van der Waals surface area contributed by atoms with Crippen molar-refractivity contribution in [3.05, 3.63) is 23.4 Å². The molecule has 0 spiro atoms. The van der Waals surface area contributed by atoms with Gasteiger partial charge in [0, 0.05) is 19.3 Å². The predicted molar refractivity (Wildman–Crippen MR) is 206 cm³/mol. The first-order valence-electron chi connectivity index (χ1n) is 21.3. The van der Waals surface area contributed by atoms with Gasteiger partial charge >= 0.3 is 0 Å². The lowest BCUT2D eigenvalue weighted by molar-refractivity contribution is 0.348. The first-order chi connectivity index (χ1) is 22.2. The summed E-state index contributed by atoms with van der Waals surface area (Å²) >= 11 is 0. The van der Waals surface area contributed by atoms with Crippen LogP contribution in [0.5, 0.6) is 0 Å². The fourth-order valence-corrected chi connectivity index (χ4v) is 7.55. The number of hydrogen-bond acceptors (Lipinski definition) is 1. The Labute approximate surface area is 286 Å². The lowest BCUT2D eigenvalue weighted by Gasteiger charge is -2.30. The highest BCUT2D eigenvalue weighted by atomic mass is 15.1. The molecule has 0 bridgehead atoms. The highest BCUT2D eigenvalue weighted by molar-refractivity contribution is 5.25. The zero-order valence-electron chi connectivity index (χ0n) is 31.9. The zero-order chi connectivity index (χ0) is 32.5. The number of nitrogens with zero attached hydrogens (tertiary/aromatic N) is 1. The van der Waals surface area contributed by atoms with E-state index in [0.717, 1.165) is 0 Å². The molecule has 1 heteroatoms. The van der Waals surface area contributed by atoms with Gasteiger partial charge in [-0.2, -0.15) is 0 Å². The third-order valence-corrected chi connectivity index (χ3v) is 10.7. The zero-order valence-corrected chi connectivity index (χ0v) is 31.9. The van der Waals surface area contributed by atoms with E-state index in [4.69, 9.17) is 0 Å². The molecule has 0 saturated heterocycles. The summed E-state index contributed by atoms with van der Waals surface area (Å²) in [5.41, 5.74) is 3.28. The van der Waals surface area contributed by atoms with E-state index < -0.39 is 0 Å². The third kappa shape index (κ3) is 27.0. The van der Waals surface area contributed by atoms with Gasteiger partial charge in [0.25, 0.3) is 0 Å². The molecule has 1 rings (SSSR count). The van der Waals surface area contributed by atoms with Crippen LogP contribution in [0.3, 0.4) is 0 Å². The minimum absolute atomic E-state index is 0.692. The molecule has 0 fully saturated rings. The molecule has 0 N–H and O–H groups in total. The molecule has 1 aliphatic carbocycles. The molecule has 266 valence electrons. The van der Waals surface area contributed by atoms with Crippen molar-refractivity contribution >= 4 is 0 Å². The fourth-order valence-electron chi connectivity index (χ4n) is 7.55. The van der Waals surface area contributed by atoms with Gasteiger partial charge in [0.1, 0.15) is 0 Å². The van der Waals surface area contributed by atoms with Crippen molar-refractivity contribution in [2.45, 2.75) is 239 Å². The predicted octanol–water partition coefficient (Wildman–Crippen LogP) is 15.7. The van der Waals surface area contributed by atoms with E-state index in [1.165, 1.54) is 225 Å². The van der Waals surface area contributed by atoms with Crippen LogP contribution < -0.4 is 0 Å². The maximum absolute atomic E-state index is 2.57. The van der Waals surface area contributed by atoms with Crippen molar-refractivity contribution in [3.8, 4) is 0 Å². The standard InChI is InChI=1S/C44H85N/c1-5-7-9-11-13-15-17-19-21-23-25-27-29-31-33-35-37-43-38-39-44(42(3)41-43)45(4)40-36-34-32-30-28-26-24-22-20-18-16-14-12-10-8-6-2/h38-39,42H,5-37,40-41H2,1-4H3. The van der Waals surface area contributed by atoms with E-state index in [1.807, 2.05) is 0 Å². The average molecular weight is 628 g/mol. The molecule has 0 amide bonds. The van der Waals surface area contributed by atoms with Crippen molar-refractivity contribution in [2.75, 3.05) is 13.6 Å². The van der Waals surface area contributed by atoms with Crippen LogP contribution in [-0.4, -0.2) is 18.5 Å². The number of allylic oxidation sites excluding steroid dienone is 4. The summed E-state index contributed by atoms with van der Waals surface area (Å²) < 4.78 is 0. The van der Waals surface area contributed by atoms with Gasteiger partial charge in [-0.1, -0.05) is 225 Å². The van der Waals surface area contributed by atoms with Crippen molar-refractivity contribution in [1.29, 1.82) is 0 Å². The number of hydrogen-bond donors (Lipinski definition) is 0. The van der Waals surface area contributed by atoms with Gasteiger partial charge in [-0.25, -0.2) is 0 Å². The Morgan fingerprint density at radius 2 is 0.756 bits per heavy atom. The molecule has 0 heterocycles. The third-order valence-electron chi connectivity index (χ3n) is 10.7. The van der Waals surface area contributed by atoms with E-state index in [2.05, 4.69) is 44.9 Å². The summed E-state index contributed by atoms with van der Waals surface area (Å²) in [5, 5.41) is 0. The Morgan fingerprint density at radius 1 is 0.444 bits per heavy atom. The summed E-state index contributed by atoms with van der Waals surface area (Å²) in [4.78, 5) is 2.57. The molecule has 1 aliphatic rings. The van der Waals surface area contributed by atoms with Gasteiger partial charge < -0.3 is 4.90 Å². The Bertz CT molecular complexity index is 660. The van der Waals surface area contributed by atoms with Crippen molar-refractivity contribution in [2.24, 2.45) is 5.92 Å². The summed E-state index contributed by atoms with van der Waals surface area (Å²) in [6.07, 6.45) is 54.0. The molecule has 0 aromatic heterocycles. The van der Waals surface area contributed by atoms with Gasteiger partial charge in [-0.15, -0.1) is 0 Å². The van der Waals surface area contributed by atoms with E-state index in [1.54, 1.807) is 11.3 Å². The van der Waals surface area contributed by atoms with Crippen LogP contribution in [0.25, 0.3) is 0 Å². The fraction of sp³-hybridized carbons (Fsp3) is 0.909. The van der Waals surface area contributed by atoms with Crippen LogP contribution in [0.4, 0.5) is 0 Å². The van der Waals surface area contributed by atoms with E-state index >= 15 is 0 Å². The molecule has 0 radical (unpaired) electrons. The molecular formula is C44H85N. The van der Waals surface area contributed by atoms with Crippen LogP contribution in [0.2, 0.25) is 0 Å². The van der Waals surface area contributed by atoms with Crippen LogP contribution in [0.1, 0.15) is 239 Å². The molecule has 1 nitrogen and oxygen atoms in total. The molecule has 0 aliphatic heterocycles. The van der Waals surface area contributed by atoms with Crippen LogP contribution in [0.15, 0.2) is 23.4 Å². The molecule has 45 heavy (non-hydrogen) atoms. The van der Waals surface area contributed by atoms with E-state index in [-0.39, 0.29) is 0 Å². The van der Waals surface area contributed by atoms with Crippen molar-refractivity contribution in [1.82, 2.24) is 4.90 Å². The highest BCUT2D eigenvalue weighted by Crippen LogP contribution is 2.30. The monoisotopic (exact) mass is 628 g/mol. The summed E-state index contributed by atoms with van der Waals surface area (Å²) in [6.45, 7) is 8.31. The second-order valence-corrected chi connectivity index (χ2v) is 15.3. The van der Waals surface area contributed by atoms with Gasteiger partial charge in [0.2, 0.25) is 0 Å². The maximum Gasteiger partial charge on any atom is 0.0171 e. The second kappa shape index (κ2) is 33.2. The Balaban J connectivity index is 1.92. The summed E-state index contributed by atoms with van der Waals surface area (Å²) in [6, 6.07) is 0. The second-order valence-electron chi connectivity index (χ2n) is 15.3. The van der Waals surface area contributed by atoms with E-state index in [0.29, 0.717) is 5.92 Å². The van der Waals surface area contributed by atoms with Gasteiger partial charge in [0.05, 0.1) is 0 Å². The SMILES string of the molecule is CCCCCCCCCCCCCCCCCCC1=CC=C(N(C)CCCCCCCCCCCCCCCCCC)C(C)C1. The van der Waals surface area contributed by atoms with Crippen LogP contribution in [0, 0.1) is 5.92 Å². The first kappa shape index (κ1) is 42.3. The normalized spacial score (nSPS) is 15.0. The maximum atomic E-state index is 2.57. The van der Waals surface area contributed by atoms with Crippen LogP contribution in [-0.2, 0) is 0 Å². The summed E-state index contributed by atoms with van der Waals surface area (Å²) in [7, 11) is 2.34. The van der Waals surface area contributed by atoms with Crippen LogP contribution >= 0.6 is 0 Å². The minimum Gasteiger partial charge on any atom is -0.378 e. The number of rotatable bonds is 35. The lowest BCUT2D eigenvalue weighted by atomic mass is 9.89. The highest BCUT2D eigenvalue weighted by Gasteiger charge is 2.17. The van der Waals surface area contributed by atoms with Crippen molar-refractivity contribution < 1.29 is 0 Å². The van der Waals surface area contributed by atoms with E-state index in [9.17, 15) is 0 Å². The Kier molecular flexibility index (Phi) is 31.2. The Hall–Kier alpha value is -0.720. The van der Waals surface area contributed by atoms with Gasteiger partial charge in [0.15, 0.2) is 0 Å². The smallest absolute Gasteiger partial charge is 0.0171 e. The first-order valence-corrected chi connectivity index (χ1v) is 21.3. The van der Waals surface area contributed by atoms with Crippen molar-refractivity contribution in [3.63, 3.8) is 0 Å². The molecule has 0 saturated carbocycles. The molecule has 1 unspecified atom stereocenters. The quantitative estimate of drug-likeness (QED) is 0.0632. The largest absolute Gasteiger partial charge is 0.378 e. The molecule has 0 aromatic carbocycles. The van der Waals surface area contributed by atoms with Gasteiger partial charge in [-0.05, 0) is 37.7 Å². The van der Waals surface area contributed by atoms with Gasteiger partial charge in [-0.3, -0.25) is 0 Å².